The third-order valence-corrected chi connectivity index (χ3v) is 8.89. The lowest BCUT2D eigenvalue weighted by atomic mass is 9.45. The molecule has 2 unspecified atom stereocenters. The van der Waals surface area contributed by atoms with Crippen molar-refractivity contribution in [3.8, 4) is 0 Å². The highest BCUT2D eigenvalue weighted by atomic mass is 16.5. The number of carbonyl (C=O) groups is 2. The Morgan fingerprint density at radius 1 is 1.11 bits per heavy atom. The third-order valence-electron chi connectivity index (χ3n) is 8.89. The van der Waals surface area contributed by atoms with Crippen LogP contribution in [-0.2, 0) is 14.3 Å². The number of rotatable bonds is 1. The highest BCUT2D eigenvalue weighted by molar-refractivity contribution is 5.85. The summed E-state index contributed by atoms with van der Waals surface area (Å²) in [5.74, 6) is 1.41. The Bertz CT molecular complexity index is 705. The molecular weight excluding hydrogens is 338 g/mol. The molecule has 4 rings (SSSR count). The van der Waals surface area contributed by atoms with Gasteiger partial charge in [0.1, 0.15) is 6.10 Å². The van der Waals surface area contributed by atoms with Gasteiger partial charge in [0.15, 0.2) is 0 Å². The number of amides is 1. The van der Waals surface area contributed by atoms with Crippen molar-refractivity contribution in [2.75, 3.05) is 0 Å². The van der Waals surface area contributed by atoms with E-state index < -0.39 is 0 Å². The Morgan fingerprint density at radius 3 is 2.44 bits per heavy atom. The van der Waals surface area contributed by atoms with E-state index in [9.17, 15) is 9.59 Å². The first-order chi connectivity index (χ1) is 12.5. The summed E-state index contributed by atoms with van der Waals surface area (Å²) in [6, 6.07) is 0. The second kappa shape index (κ2) is 5.84. The monoisotopic (exact) mass is 373 g/mol. The van der Waals surface area contributed by atoms with E-state index in [2.05, 4.69) is 34.6 Å². The molecule has 2 N–H and O–H groups in total. The first kappa shape index (κ1) is 19.0. The maximum Gasteiger partial charge on any atom is 0.331 e. The van der Waals surface area contributed by atoms with Crippen molar-refractivity contribution in [1.82, 2.24) is 0 Å². The zero-order valence-electron chi connectivity index (χ0n) is 17.5. The number of esters is 1. The molecule has 4 nitrogen and oxygen atoms in total. The predicted octanol–water partition coefficient (Wildman–Crippen LogP) is 4.23. The van der Waals surface area contributed by atoms with Gasteiger partial charge in [-0.2, -0.15) is 0 Å². The zero-order chi connectivity index (χ0) is 19.8. The lowest BCUT2D eigenvalue weighted by molar-refractivity contribution is -0.172. The van der Waals surface area contributed by atoms with E-state index in [0.717, 1.165) is 38.5 Å². The summed E-state index contributed by atoms with van der Waals surface area (Å²) in [4.78, 5) is 24.4. The fraction of sp³-hybridized carbons (Fsp3) is 0.826. The molecule has 3 aliphatic carbocycles. The molecular formula is C23H35NO3. The van der Waals surface area contributed by atoms with Gasteiger partial charge in [-0.05, 0) is 72.7 Å². The molecule has 0 aromatic carbocycles. The smallest absolute Gasteiger partial charge is 0.331 e. The summed E-state index contributed by atoms with van der Waals surface area (Å²) in [6.45, 7) is 11.3. The van der Waals surface area contributed by atoms with Crippen molar-refractivity contribution in [3.05, 3.63) is 11.6 Å². The number of carbonyl (C=O) groups excluding carboxylic acids is 2. The number of primary amides is 1. The number of nitrogens with two attached hydrogens (primary N) is 1. The lowest BCUT2D eigenvalue weighted by Gasteiger charge is -2.61. The first-order valence-electron chi connectivity index (χ1n) is 10.7. The van der Waals surface area contributed by atoms with Crippen molar-refractivity contribution in [2.24, 2.45) is 45.7 Å². The highest BCUT2D eigenvalue weighted by Gasteiger charge is 2.63. The molecule has 1 aliphatic heterocycles. The molecule has 150 valence electrons. The third kappa shape index (κ3) is 2.54. The van der Waals surface area contributed by atoms with Crippen molar-refractivity contribution < 1.29 is 14.3 Å². The van der Waals surface area contributed by atoms with Gasteiger partial charge < -0.3 is 10.5 Å². The predicted molar refractivity (Wildman–Crippen MR) is 104 cm³/mol. The molecule has 0 saturated heterocycles. The minimum atomic E-state index is -0.170. The highest BCUT2D eigenvalue weighted by Crippen LogP contribution is 2.67. The fourth-order valence-electron chi connectivity index (χ4n) is 7.81. The molecule has 3 fully saturated rings. The fourth-order valence-corrected chi connectivity index (χ4v) is 7.81. The largest absolute Gasteiger partial charge is 0.458 e. The molecule has 0 spiro atoms. The van der Waals surface area contributed by atoms with E-state index in [-0.39, 0.29) is 40.1 Å². The zero-order valence-corrected chi connectivity index (χ0v) is 17.5. The quantitative estimate of drug-likeness (QED) is 0.699. The summed E-state index contributed by atoms with van der Waals surface area (Å²) in [5.41, 5.74) is 6.94. The van der Waals surface area contributed by atoms with Crippen LogP contribution >= 0.6 is 0 Å². The van der Waals surface area contributed by atoms with Gasteiger partial charge in [0.25, 0.3) is 0 Å². The van der Waals surface area contributed by atoms with E-state index in [1.807, 2.05) is 0 Å². The van der Waals surface area contributed by atoms with Crippen molar-refractivity contribution in [3.63, 3.8) is 0 Å². The van der Waals surface area contributed by atoms with Gasteiger partial charge in [-0.1, -0.05) is 34.6 Å². The molecule has 27 heavy (non-hydrogen) atoms. The van der Waals surface area contributed by atoms with Gasteiger partial charge in [-0.15, -0.1) is 0 Å². The lowest BCUT2D eigenvalue weighted by Crippen LogP contribution is -2.58. The molecule has 3 saturated carbocycles. The summed E-state index contributed by atoms with van der Waals surface area (Å²) in [7, 11) is 0. The van der Waals surface area contributed by atoms with Crippen LogP contribution in [0.1, 0.15) is 73.1 Å². The van der Waals surface area contributed by atoms with Gasteiger partial charge in [-0.25, -0.2) is 4.79 Å². The average Bonchev–Trinajstić information content (AvgIpc) is 2.91. The second-order valence-electron chi connectivity index (χ2n) is 11.0. The van der Waals surface area contributed by atoms with Crippen molar-refractivity contribution in [1.29, 1.82) is 0 Å². The standard InChI is InChI=1S/C23H35NO3/c1-21(2,3)17-12-19(25)27-18-9-6-13-14-7-8-16(20(24)26)22(14,4)11-10-15(13)23(17,18)5/h12-16,18H,6-11H2,1-5H3,(H2,24,26)/t13-,14-,15+,16?,18?,22-,23-/m0/s1. The molecule has 4 aliphatic rings. The minimum Gasteiger partial charge on any atom is -0.458 e. The summed E-state index contributed by atoms with van der Waals surface area (Å²) in [6.07, 6.45) is 8.01. The Balaban J connectivity index is 1.74. The van der Waals surface area contributed by atoms with E-state index in [4.69, 9.17) is 10.5 Å². The van der Waals surface area contributed by atoms with Gasteiger partial charge in [0, 0.05) is 17.4 Å². The molecule has 0 radical (unpaired) electrons. The number of ether oxygens (including phenoxy) is 1. The molecule has 4 heteroatoms. The normalized spacial score (nSPS) is 46.6. The van der Waals surface area contributed by atoms with Crippen molar-refractivity contribution >= 4 is 11.9 Å². The van der Waals surface area contributed by atoms with Gasteiger partial charge >= 0.3 is 5.97 Å². The Morgan fingerprint density at radius 2 is 1.81 bits per heavy atom. The van der Waals surface area contributed by atoms with Crippen LogP contribution in [0.5, 0.6) is 0 Å². The van der Waals surface area contributed by atoms with Crippen LogP contribution in [-0.4, -0.2) is 18.0 Å². The van der Waals surface area contributed by atoms with E-state index in [1.165, 1.54) is 5.57 Å². The first-order valence-corrected chi connectivity index (χ1v) is 10.7. The Hall–Kier alpha value is -1.32. The summed E-state index contributed by atoms with van der Waals surface area (Å²) < 4.78 is 5.87. The van der Waals surface area contributed by atoms with Gasteiger partial charge in [0.2, 0.25) is 5.91 Å². The van der Waals surface area contributed by atoms with Crippen molar-refractivity contribution in [2.45, 2.75) is 79.2 Å². The van der Waals surface area contributed by atoms with E-state index in [0.29, 0.717) is 17.8 Å². The number of fused-ring (bicyclic) bond motifs is 5. The van der Waals surface area contributed by atoms with E-state index >= 15 is 0 Å². The Labute approximate surface area is 163 Å². The second-order valence-corrected chi connectivity index (χ2v) is 11.0. The summed E-state index contributed by atoms with van der Waals surface area (Å²) >= 11 is 0. The SMILES string of the molecule is CC(C)(C)C1=CC(=O)OC2CC[C@@H]3[C@@H](CC[C@]4(C)C(C(N)=O)CC[C@@H]34)[C@@]12C. The van der Waals surface area contributed by atoms with Crippen LogP contribution in [0.25, 0.3) is 0 Å². The van der Waals surface area contributed by atoms with Crippen LogP contribution in [0.3, 0.4) is 0 Å². The average molecular weight is 374 g/mol. The molecule has 1 amide bonds. The summed E-state index contributed by atoms with van der Waals surface area (Å²) in [5, 5.41) is 0. The van der Waals surface area contributed by atoms with Crippen LogP contribution in [0.15, 0.2) is 11.6 Å². The molecule has 0 bridgehead atoms. The molecule has 7 atom stereocenters. The van der Waals surface area contributed by atoms with E-state index in [1.54, 1.807) is 6.08 Å². The topological polar surface area (TPSA) is 69.4 Å². The molecule has 0 aromatic heterocycles. The Kier molecular flexibility index (Phi) is 4.11. The van der Waals surface area contributed by atoms with Crippen LogP contribution in [0.2, 0.25) is 0 Å². The van der Waals surface area contributed by atoms with Gasteiger partial charge in [-0.3, -0.25) is 4.79 Å². The number of hydrogen-bond acceptors (Lipinski definition) is 3. The van der Waals surface area contributed by atoms with Gasteiger partial charge in [0.05, 0.1) is 0 Å². The molecule has 0 aromatic rings. The minimum absolute atomic E-state index is 0.0110. The maximum absolute atomic E-state index is 12.3. The van der Waals surface area contributed by atoms with Crippen LogP contribution in [0.4, 0.5) is 0 Å². The molecule has 1 heterocycles. The number of hydrogen-bond donors (Lipinski definition) is 1. The van der Waals surface area contributed by atoms with Crippen LogP contribution in [0, 0.1) is 39.9 Å². The maximum atomic E-state index is 12.3. The van der Waals surface area contributed by atoms with Crippen LogP contribution < -0.4 is 5.73 Å².